The maximum atomic E-state index is 13.0. The van der Waals surface area contributed by atoms with E-state index in [-0.39, 0.29) is 29.5 Å². The summed E-state index contributed by atoms with van der Waals surface area (Å²) in [6.07, 6.45) is 0.741. The predicted octanol–water partition coefficient (Wildman–Crippen LogP) is 1.99. The molecular weight excluding hydrogens is 406 g/mol. The number of benzene rings is 3. The first-order valence-electron chi connectivity index (χ1n) is 10.7. The summed E-state index contributed by atoms with van der Waals surface area (Å²) in [7, 11) is 0. The fraction of sp³-hybridized carbons (Fsp3) is 0.240. The van der Waals surface area contributed by atoms with Gasteiger partial charge in [-0.3, -0.25) is 14.4 Å². The molecule has 2 saturated heterocycles. The summed E-state index contributed by atoms with van der Waals surface area (Å²) in [6, 6.07) is 18.4. The van der Waals surface area contributed by atoms with E-state index >= 15 is 0 Å². The van der Waals surface area contributed by atoms with E-state index in [1.807, 2.05) is 36.4 Å². The molecule has 0 aromatic heterocycles. The Morgan fingerprint density at radius 3 is 2.56 bits per heavy atom. The first-order chi connectivity index (χ1) is 15.5. The van der Waals surface area contributed by atoms with E-state index in [1.54, 1.807) is 35.2 Å². The molecule has 0 radical (unpaired) electrons. The minimum Gasteiger partial charge on any atom is -0.508 e. The van der Waals surface area contributed by atoms with Crippen LogP contribution in [0.3, 0.4) is 0 Å². The van der Waals surface area contributed by atoms with Crippen molar-refractivity contribution in [2.24, 2.45) is 0 Å². The molecule has 3 amide bonds. The van der Waals surface area contributed by atoms with Crippen LogP contribution in [-0.4, -0.2) is 52.4 Å². The Kier molecular flexibility index (Phi) is 5.01. The van der Waals surface area contributed by atoms with Crippen LogP contribution in [0.15, 0.2) is 66.7 Å². The molecular formula is C25H23N3O4. The minimum atomic E-state index is -0.654. The molecule has 162 valence electrons. The second kappa shape index (κ2) is 8.00. The zero-order valence-corrected chi connectivity index (χ0v) is 17.3. The molecule has 32 heavy (non-hydrogen) atoms. The maximum Gasteiger partial charge on any atom is 0.251 e. The van der Waals surface area contributed by atoms with Gasteiger partial charge in [-0.1, -0.05) is 42.5 Å². The number of carbonyl (C=O) groups excluding carboxylic acids is 3. The second-order valence-electron chi connectivity index (χ2n) is 8.41. The van der Waals surface area contributed by atoms with Gasteiger partial charge >= 0.3 is 0 Å². The van der Waals surface area contributed by atoms with Crippen molar-refractivity contribution in [2.75, 3.05) is 6.54 Å². The summed E-state index contributed by atoms with van der Waals surface area (Å²) in [4.78, 5) is 40.1. The van der Waals surface area contributed by atoms with E-state index in [4.69, 9.17) is 0 Å². The van der Waals surface area contributed by atoms with Crippen molar-refractivity contribution in [1.29, 1.82) is 0 Å². The molecule has 0 saturated carbocycles. The van der Waals surface area contributed by atoms with Crippen molar-refractivity contribution >= 4 is 28.5 Å². The van der Waals surface area contributed by atoms with Gasteiger partial charge in [-0.25, -0.2) is 0 Å². The summed E-state index contributed by atoms with van der Waals surface area (Å²) >= 11 is 0. The summed E-state index contributed by atoms with van der Waals surface area (Å²) in [5.41, 5.74) is 1.40. The number of piperazine rings is 1. The highest BCUT2D eigenvalue weighted by molar-refractivity contribution is 6.00. The van der Waals surface area contributed by atoms with Crippen molar-refractivity contribution in [1.82, 2.24) is 15.5 Å². The maximum absolute atomic E-state index is 13.0. The van der Waals surface area contributed by atoms with Crippen LogP contribution >= 0.6 is 0 Å². The molecule has 2 fully saturated rings. The van der Waals surface area contributed by atoms with Gasteiger partial charge in [-0.2, -0.15) is 0 Å². The average molecular weight is 429 g/mol. The zero-order valence-electron chi connectivity index (χ0n) is 17.3. The molecule has 0 bridgehead atoms. The molecule has 2 aliphatic rings. The molecule has 7 heteroatoms. The third-order valence-electron chi connectivity index (χ3n) is 6.22. The average Bonchev–Trinajstić information content (AvgIpc) is 3.23. The number of phenolic OH excluding ortho intramolecular Hbond substituents is 1. The molecule has 3 atom stereocenters. The smallest absolute Gasteiger partial charge is 0.251 e. The number of hydrogen-bond donors (Lipinski definition) is 3. The molecule has 0 spiro atoms. The number of phenols is 1. The van der Waals surface area contributed by atoms with E-state index in [9.17, 15) is 19.5 Å². The van der Waals surface area contributed by atoms with Crippen LogP contribution < -0.4 is 10.6 Å². The zero-order chi connectivity index (χ0) is 22.2. The predicted molar refractivity (Wildman–Crippen MR) is 119 cm³/mol. The molecule has 2 aliphatic heterocycles. The van der Waals surface area contributed by atoms with Crippen LogP contribution in [0, 0.1) is 0 Å². The van der Waals surface area contributed by atoms with Gasteiger partial charge in [0, 0.05) is 24.6 Å². The minimum absolute atomic E-state index is 0.148. The largest absolute Gasteiger partial charge is 0.508 e. The molecule has 7 nitrogen and oxygen atoms in total. The van der Waals surface area contributed by atoms with Crippen LogP contribution in [0.5, 0.6) is 5.75 Å². The molecule has 5 rings (SSSR count). The van der Waals surface area contributed by atoms with Gasteiger partial charge in [-0.05, 0) is 47.0 Å². The van der Waals surface area contributed by atoms with Crippen molar-refractivity contribution in [3.63, 3.8) is 0 Å². The molecule has 0 unspecified atom stereocenters. The first-order valence-corrected chi connectivity index (χ1v) is 10.7. The first kappa shape index (κ1) is 20.1. The highest BCUT2D eigenvalue weighted by Gasteiger charge is 2.46. The summed E-state index contributed by atoms with van der Waals surface area (Å²) in [5.74, 6) is -0.410. The third-order valence-corrected chi connectivity index (χ3v) is 6.22. The van der Waals surface area contributed by atoms with Gasteiger partial charge in [0.15, 0.2) is 0 Å². The third kappa shape index (κ3) is 3.77. The number of nitrogens with zero attached hydrogens (tertiary/aromatic N) is 1. The van der Waals surface area contributed by atoms with E-state index < -0.39 is 12.1 Å². The quantitative estimate of drug-likeness (QED) is 0.591. The lowest BCUT2D eigenvalue weighted by atomic mass is 10.0. The molecule has 3 aromatic carbocycles. The van der Waals surface area contributed by atoms with Crippen LogP contribution in [0.4, 0.5) is 0 Å². The number of amides is 3. The Bertz CT molecular complexity index is 1210. The Balaban J connectivity index is 1.26. The highest BCUT2D eigenvalue weighted by Crippen LogP contribution is 2.25. The van der Waals surface area contributed by atoms with Crippen molar-refractivity contribution < 1.29 is 19.5 Å². The number of rotatable bonds is 4. The van der Waals surface area contributed by atoms with Gasteiger partial charge < -0.3 is 20.6 Å². The molecule has 3 N–H and O–H groups in total. The normalized spacial score (nSPS) is 22.5. The monoisotopic (exact) mass is 429 g/mol. The number of nitrogens with one attached hydrogen (secondary N) is 2. The van der Waals surface area contributed by atoms with Crippen LogP contribution in [0.25, 0.3) is 10.8 Å². The second-order valence-corrected chi connectivity index (χ2v) is 8.41. The van der Waals surface area contributed by atoms with E-state index in [1.165, 1.54) is 0 Å². The van der Waals surface area contributed by atoms with Crippen molar-refractivity contribution in [3.05, 3.63) is 77.9 Å². The number of aromatic hydroxyl groups is 1. The van der Waals surface area contributed by atoms with E-state index in [2.05, 4.69) is 10.6 Å². The van der Waals surface area contributed by atoms with Crippen LogP contribution in [0.1, 0.15) is 22.3 Å². The van der Waals surface area contributed by atoms with Crippen molar-refractivity contribution in [3.8, 4) is 5.75 Å². The Hall–Kier alpha value is -3.87. The molecule has 0 aliphatic carbocycles. The fourth-order valence-electron chi connectivity index (χ4n) is 4.57. The van der Waals surface area contributed by atoms with Crippen LogP contribution in [-0.2, 0) is 16.0 Å². The van der Waals surface area contributed by atoms with E-state index in [0.717, 1.165) is 16.3 Å². The SMILES string of the molecule is O=C(N[C@H]1C[C@H]2C(=O)N[C@@H](Cc3ccc(O)cc3)C(=O)N2C1)c1ccc2ccccc2c1. The number of fused-ring (bicyclic) bond motifs is 2. The topological polar surface area (TPSA) is 98.7 Å². The molecule has 3 aromatic rings. The highest BCUT2D eigenvalue weighted by atomic mass is 16.3. The standard InChI is InChI=1S/C25H23N3O4/c29-20-9-5-15(6-10-20)11-21-25(32)28-14-19(13-22(28)24(31)27-21)26-23(30)18-8-7-16-3-1-2-4-17(16)12-18/h1-10,12,19,21-22,29H,11,13-14H2,(H,26,30)(H,27,31)/t19-,21-,22-/m0/s1. The number of hydrogen-bond acceptors (Lipinski definition) is 4. The molecule has 2 heterocycles. The van der Waals surface area contributed by atoms with Gasteiger partial charge in [0.05, 0.1) is 0 Å². The van der Waals surface area contributed by atoms with Gasteiger partial charge in [0.2, 0.25) is 11.8 Å². The van der Waals surface area contributed by atoms with Crippen LogP contribution in [0.2, 0.25) is 0 Å². The Morgan fingerprint density at radius 2 is 1.78 bits per heavy atom. The van der Waals surface area contributed by atoms with Gasteiger partial charge in [-0.15, -0.1) is 0 Å². The van der Waals surface area contributed by atoms with Gasteiger partial charge in [0.25, 0.3) is 5.91 Å². The lowest BCUT2D eigenvalue weighted by molar-refractivity contribution is -0.147. The van der Waals surface area contributed by atoms with Gasteiger partial charge in [0.1, 0.15) is 17.8 Å². The Morgan fingerprint density at radius 1 is 1.03 bits per heavy atom. The summed E-state index contributed by atoms with van der Waals surface area (Å²) in [5, 5.41) is 17.3. The lowest BCUT2D eigenvalue weighted by Gasteiger charge is -2.34. The summed E-state index contributed by atoms with van der Waals surface area (Å²) < 4.78 is 0. The van der Waals surface area contributed by atoms with E-state index in [0.29, 0.717) is 24.9 Å². The Labute approximate surface area is 185 Å². The lowest BCUT2D eigenvalue weighted by Crippen LogP contribution is -2.61. The fourth-order valence-corrected chi connectivity index (χ4v) is 4.57. The summed E-state index contributed by atoms with van der Waals surface area (Å²) in [6.45, 7) is 0.308. The van der Waals surface area contributed by atoms with Crippen molar-refractivity contribution in [2.45, 2.75) is 31.0 Å². The number of carbonyl (C=O) groups is 3.